The van der Waals surface area contributed by atoms with Gasteiger partial charge in [0.1, 0.15) is 0 Å². The van der Waals surface area contributed by atoms with E-state index < -0.39 is 0 Å². The number of benzene rings is 1. The Morgan fingerprint density at radius 2 is 1.78 bits per heavy atom. The SMILES string of the molecule is CC1(C)OB(C2CCN(C(=O)c3cccc4ccncc34)CC2)OC1(C)C. The number of likely N-dealkylation sites (tertiary alicyclic amines) is 1. The van der Waals surface area contributed by atoms with Crippen LogP contribution in [-0.4, -0.2) is 47.2 Å². The maximum atomic E-state index is 13.1. The molecule has 3 heterocycles. The molecule has 0 N–H and O–H groups in total. The number of aromatic nitrogens is 1. The van der Waals surface area contributed by atoms with E-state index in [2.05, 4.69) is 32.7 Å². The van der Waals surface area contributed by atoms with Crippen molar-refractivity contribution in [1.29, 1.82) is 0 Å². The lowest BCUT2D eigenvalue weighted by atomic mass is 9.66. The molecular formula is C21H27BN2O3. The van der Waals surface area contributed by atoms with E-state index in [1.54, 1.807) is 12.4 Å². The minimum absolute atomic E-state index is 0.0842. The summed E-state index contributed by atoms with van der Waals surface area (Å²) in [6.45, 7) is 9.79. The van der Waals surface area contributed by atoms with E-state index in [1.807, 2.05) is 29.2 Å². The molecule has 0 unspecified atom stereocenters. The average Bonchev–Trinajstić information content (AvgIpc) is 2.88. The first-order valence-corrected chi connectivity index (χ1v) is 9.76. The Bertz CT molecular complexity index is 838. The van der Waals surface area contributed by atoms with Gasteiger partial charge in [0.25, 0.3) is 5.91 Å². The summed E-state index contributed by atoms with van der Waals surface area (Å²) >= 11 is 0. The van der Waals surface area contributed by atoms with Crippen molar-refractivity contribution in [1.82, 2.24) is 9.88 Å². The zero-order valence-electron chi connectivity index (χ0n) is 16.6. The van der Waals surface area contributed by atoms with Crippen LogP contribution in [0.4, 0.5) is 0 Å². The molecule has 0 spiro atoms. The maximum Gasteiger partial charge on any atom is 0.461 e. The van der Waals surface area contributed by atoms with Crippen molar-refractivity contribution < 1.29 is 14.1 Å². The lowest BCUT2D eigenvalue weighted by molar-refractivity contribution is 0.00578. The highest BCUT2D eigenvalue weighted by atomic mass is 16.7. The van der Waals surface area contributed by atoms with Crippen molar-refractivity contribution in [2.24, 2.45) is 0 Å². The molecule has 1 amide bonds. The average molecular weight is 366 g/mol. The number of carbonyl (C=O) groups excluding carboxylic acids is 1. The van der Waals surface area contributed by atoms with Crippen LogP contribution in [-0.2, 0) is 9.31 Å². The molecule has 5 nitrogen and oxygen atoms in total. The van der Waals surface area contributed by atoms with Gasteiger partial charge in [-0.2, -0.15) is 0 Å². The molecule has 0 saturated carbocycles. The van der Waals surface area contributed by atoms with Gasteiger partial charge < -0.3 is 14.2 Å². The lowest BCUT2D eigenvalue weighted by Crippen LogP contribution is -2.41. The number of rotatable bonds is 2. The van der Waals surface area contributed by atoms with E-state index >= 15 is 0 Å². The zero-order valence-corrected chi connectivity index (χ0v) is 16.6. The molecule has 2 fully saturated rings. The van der Waals surface area contributed by atoms with Crippen molar-refractivity contribution >= 4 is 23.8 Å². The van der Waals surface area contributed by atoms with Gasteiger partial charge in [0.05, 0.1) is 11.2 Å². The van der Waals surface area contributed by atoms with E-state index in [4.69, 9.17) is 9.31 Å². The summed E-state index contributed by atoms with van der Waals surface area (Å²) in [4.78, 5) is 19.2. The zero-order chi connectivity index (χ0) is 19.2. The van der Waals surface area contributed by atoms with Gasteiger partial charge in [-0.05, 0) is 63.9 Å². The number of piperidine rings is 1. The lowest BCUT2D eigenvalue weighted by Gasteiger charge is -2.33. The van der Waals surface area contributed by atoms with Gasteiger partial charge in [0, 0.05) is 36.4 Å². The predicted octanol–water partition coefficient (Wildman–Crippen LogP) is 3.93. The van der Waals surface area contributed by atoms with Gasteiger partial charge in [0.2, 0.25) is 0 Å². The second-order valence-corrected chi connectivity index (χ2v) is 8.66. The normalized spacial score (nSPS) is 22.4. The largest absolute Gasteiger partial charge is 0.461 e. The molecule has 1 aromatic heterocycles. The predicted molar refractivity (Wildman–Crippen MR) is 107 cm³/mol. The highest BCUT2D eigenvalue weighted by Crippen LogP contribution is 2.42. The fraction of sp³-hybridized carbons (Fsp3) is 0.524. The smallest absolute Gasteiger partial charge is 0.403 e. The van der Waals surface area contributed by atoms with Gasteiger partial charge in [0.15, 0.2) is 0 Å². The number of carbonyl (C=O) groups is 1. The second kappa shape index (κ2) is 6.60. The van der Waals surface area contributed by atoms with E-state index in [-0.39, 0.29) is 24.2 Å². The van der Waals surface area contributed by atoms with E-state index in [0.717, 1.165) is 42.3 Å². The van der Waals surface area contributed by atoms with Crippen molar-refractivity contribution in [3.63, 3.8) is 0 Å². The van der Waals surface area contributed by atoms with Crippen LogP contribution in [0.5, 0.6) is 0 Å². The Morgan fingerprint density at radius 3 is 2.44 bits per heavy atom. The number of fused-ring (bicyclic) bond motifs is 1. The molecule has 4 rings (SSSR count). The summed E-state index contributed by atoms with van der Waals surface area (Å²) in [5.41, 5.74) is 0.121. The van der Waals surface area contributed by atoms with Gasteiger partial charge in [-0.1, -0.05) is 12.1 Å². The van der Waals surface area contributed by atoms with Crippen LogP contribution >= 0.6 is 0 Å². The van der Waals surface area contributed by atoms with Crippen LogP contribution in [0.15, 0.2) is 36.7 Å². The van der Waals surface area contributed by atoms with Crippen molar-refractivity contribution in [3.05, 3.63) is 42.2 Å². The third kappa shape index (κ3) is 3.25. The Hall–Kier alpha value is -1.92. The van der Waals surface area contributed by atoms with Crippen LogP contribution < -0.4 is 0 Å². The van der Waals surface area contributed by atoms with Crippen LogP contribution in [0.25, 0.3) is 10.8 Å². The van der Waals surface area contributed by atoms with Gasteiger partial charge in [-0.15, -0.1) is 0 Å². The molecule has 0 aliphatic carbocycles. The number of hydrogen-bond donors (Lipinski definition) is 0. The standard InChI is InChI=1S/C21H27BN2O3/c1-20(2)21(3,4)27-22(26-20)16-9-12-24(13-10-16)19(25)17-7-5-6-15-8-11-23-14-18(15)17/h5-8,11,14,16H,9-10,12-13H2,1-4H3. The Labute approximate surface area is 161 Å². The van der Waals surface area contributed by atoms with Crippen LogP contribution in [0, 0.1) is 0 Å². The molecule has 0 bridgehead atoms. The summed E-state index contributed by atoms with van der Waals surface area (Å²) in [6, 6.07) is 7.79. The molecule has 2 aromatic rings. The number of amides is 1. The van der Waals surface area contributed by atoms with E-state index in [1.165, 1.54) is 0 Å². The molecule has 0 radical (unpaired) electrons. The first-order valence-electron chi connectivity index (χ1n) is 9.76. The van der Waals surface area contributed by atoms with E-state index in [0.29, 0.717) is 5.82 Å². The van der Waals surface area contributed by atoms with Crippen LogP contribution in [0.2, 0.25) is 5.82 Å². The minimum atomic E-state index is -0.305. The minimum Gasteiger partial charge on any atom is -0.403 e. The summed E-state index contributed by atoms with van der Waals surface area (Å²) < 4.78 is 12.4. The Morgan fingerprint density at radius 1 is 1.11 bits per heavy atom. The highest BCUT2D eigenvalue weighted by molar-refractivity contribution is 6.47. The summed E-state index contributed by atoms with van der Waals surface area (Å²) in [5.74, 6) is 0.408. The first kappa shape index (κ1) is 18.4. The summed E-state index contributed by atoms with van der Waals surface area (Å²) in [7, 11) is -0.186. The monoisotopic (exact) mass is 366 g/mol. The molecule has 1 aromatic carbocycles. The molecular weight excluding hydrogens is 339 g/mol. The fourth-order valence-electron chi connectivity index (χ4n) is 3.93. The number of hydrogen-bond acceptors (Lipinski definition) is 4. The molecule has 0 atom stereocenters. The Balaban J connectivity index is 1.44. The maximum absolute atomic E-state index is 13.1. The summed E-state index contributed by atoms with van der Waals surface area (Å²) in [5, 5.41) is 1.96. The number of pyridine rings is 1. The van der Waals surface area contributed by atoms with Crippen molar-refractivity contribution in [2.75, 3.05) is 13.1 Å². The Kier molecular flexibility index (Phi) is 4.51. The molecule has 27 heavy (non-hydrogen) atoms. The molecule has 2 saturated heterocycles. The molecule has 2 aliphatic heterocycles. The molecule has 2 aliphatic rings. The quantitative estimate of drug-likeness (QED) is 0.756. The van der Waals surface area contributed by atoms with Gasteiger partial charge >= 0.3 is 7.12 Å². The third-order valence-electron chi connectivity index (χ3n) is 6.40. The van der Waals surface area contributed by atoms with E-state index in [9.17, 15) is 4.79 Å². The number of nitrogens with zero attached hydrogens (tertiary/aromatic N) is 2. The molecule has 142 valence electrons. The first-order chi connectivity index (χ1) is 12.8. The van der Waals surface area contributed by atoms with Crippen molar-refractivity contribution in [2.45, 2.75) is 57.6 Å². The van der Waals surface area contributed by atoms with Crippen molar-refractivity contribution in [3.8, 4) is 0 Å². The highest BCUT2D eigenvalue weighted by Gasteiger charge is 2.53. The van der Waals surface area contributed by atoms with Gasteiger partial charge in [-0.3, -0.25) is 9.78 Å². The topological polar surface area (TPSA) is 51.7 Å². The molecule has 6 heteroatoms. The van der Waals surface area contributed by atoms with Crippen LogP contribution in [0.1, 0.15) is 50.9 Å². The fourth-order valence-corrected chi connectivity index (χ4v) is 3.93. The van der Waals surface area contributed by atoms with Crippen LogP contribution in [0.3, 0.4) is 0 Å². The van der Waals surface area contributed by atoms with Gasteiger partial charge in [-0.25, -0.2) is 0 Å². The summed E-state index contributed by atoms with van der Waals surface area (Å²) in [6.07, 6.45) is 5.32. The second-order valence-electron chi connectivity index (χ2n) is 8.66. The third-order valence-corrected chi connectivity index (χ3v) is 6.40.